The molecule has 126 valence electrons. The van der Waals surface area contributed by atoms with Gasteiger partial charge < -0.3 is 15.3 Å². The van der Waals surface area contributed by atoms with Gasteiger partial charge in [0, 0.05) is 12.1 Å². The summed E-state index contributed by atoms with van der Waals surface area (Å²) in [4.78, 5) is 23.0. The molecule has 0 saturated carbocycles. The number of carboxylic acids is 1. The predicted molar refractivity (Wildman–Crippen MR) is 90.1 cm³/mol. The van der Waals surface area contributed by atoms with Crippen LogP contribution in [-0.2, 0) is 20.9 Å². The first-order valence-electron chi connectivity index (χ1n) is 7.64. The van der Waals surface area contributed by atoms with Crippen LogP contribution in [0.4, 0.5) is 5.69 Å². The number of esters is 1. The molecule has 2 aromatic carbocycles. The fourth-order valence-corrected chi connectivity index (χ4v) is 2.02. The average molecular weight is 328 g/mol. The van der Waals surface area contributed by atoms with Crippen molar-refractivity contribution in [2.45, 2.75) is 25.5 Å². The Kier molecular flexibility index (Phi) is 6.79. The molecular formula is C18H20N2O4. The minimum Gasteiger partial charge on any atom is -0.480 e. The number of benzene rings is 2. The van der Waals surface area contributed by atoms with Crippen LogP contribution >= 0.6 is 0 Å². The summed E-state index contributed by atoms with van der Waals surface area (Å²) in [6, 6.07) is 17.6. The quantitative estimate of drug-likeness (QED) is 0.484. The first kappa shape index (κ1) is 17.5. The Hall–Kier alpha value is -2.86. The van der Waals surface area contributed by atoms with E-state index in [2.05, 4.69) is 10.9 Å². The van der Waals surface area contributed by atoms with E-state index in [9.17, 15) is 14.7 Å². The third-order valence-electron chi connectivity index (χ3n) is 3.34. The van der Waals surface area contributed by atoms with Crippen LogP contribution in [0.1, 0.15) is 18.4 Å². The standard InChI is InChI=1S/C18H20N2O4/c21-17(24-13-14-7-3-1-4-8-14)12-11-16(18(22)23)20-19-15-9-5-2-6-10-15/h1-10,16,19-20H,11-13H2,(H,22,23)/t16-/m0/s1. The highest BCUT2D eigenvalue weighted by atomic mass is 16.5. The highest BCUT2D eigenvalue weighted by Crippen LogP contribution is 2.07. The molecule has 24 heavy (non-hydrogen) atoms. The van der Waals surface area contributed by atoms with Crippen molar-refractivity contribution >= 4 is 17.6 Å². The van der Waals surface area contributed by atoms with Gasteiger partial charge in [-0.05, 0) is 24.1 Å². The van der Waals surface area contributed by atoms with Crippen molar-refractivity contribution in [1.82, 2.24) is 5.43 Å². The van der Waals surface area contributed by atoms with Gasteiger partial charge >= 0.3 is 11.9 Å². The molecule has 0 fully saturated rings. The maximum Gasteiger partial charge on any atom is 0.322 e. The van der Waals surface area contributed by atoms with Gasteiger partial charge in [0.1, 0.15) is 12.6 Å². The second-order valence-corrected chi connectivity index (χ2v) is 5.21. The van der Waals surface area contributed by atoms with E-state index >= 15 is 0 Å². The normalized spacial score (nSPS) is 11.5. The van der Waals surface area contributed by atoms with Crippen LogP contribution in [0.2, 0.25) is 0 Å². The van der Waals surface area contributed by atoms with Gasteiger partial charge in [-0.25, -0.2) is 5.43 Å². The Labute approximate surface area is 140 Å². The first-order chi connectivity index (χ1) is 11.6. The molecule has 0 radical (unpaired) electrons. The number of hydrogen-bond acceptors (Lipinski definition) is 5. The second kappa shape index (κ2) is 9.32. The number of para-hydroxylation sites is 1. The summed E-state index contributed by atoms with van der Waals surface area (Å²) in [7, 11) is 0. The first-order valence-corrected chi connectivity index (χ1v) is 7.64. The highest BCUT2D eigenvalue weighted by molar-refractivity contribution is 5.75. The highest BCUT2D eigenvalue weighted by Gasteiger charge is 2.18. The van der Waals surface area contributed by atoms with Gasteiger partial charge in [-0.3, -0.25) is 9.59 Å². The summed E-state index contributed by atoms with van der Waals surface area (Å²) < 4.78 is 5.14. The molecule has 6 nitrogen and oxygen atoms in total. The molecule has 6 heteroatoms. The number of ether oxygens (including phenoxy) is 1. The maximum atomic E-state index is 11.8. The van der Waals surface area contributed by atoms with Crippen LogP contribution in [0.5, 0.6) is 0 Å². The van der Waals surface area contributed by atoms with Crippen molar-refractivity contribution < 1.29 is 19.4 Å². The number of carbonyl (C=O) groups excluding carboxylic acids is 1. The van der Waals surface area contributed by atoms with Crippen LogP contribution in [0.3, 0.4) is 0 Å². The number of carbonyl (C=O) groups is 2. The van der Waals surface area contributed by atoms with E-state index in [-0.39, 0.29) is 19.4 Å². The van der Waals surface area contributed by atoms with E-state index in [0.29, 0.717) is 0 Å². The average Bonchev–Trinajstić information content (AvgIpc) is 2.61. The number of aliphatic carboxylic acids is 1. The second-order valence-electron chi connectivity index (χ2n) is 5.21. The monoisotopic (exact) mass is 328 g/mol. The molecule has 0 heterocycles. The molecule has 0 saturated heterocycles. The lowest BCUT2D eigenvalue weighted by Gasteiger charge is -2.15. The van der Waals surface area contributed by atoms with Gasteiger partial charge in [-0.1, -0.05) is 48.5 Å². The van der Waals surface area contributed by atoms with Crippen LogP contribution in [0.25, 0.3) is 0 Å². The number of carboxylic acid groups (broad SMARTS) is 1. The molecule has 1 atom stereocenters. The van der Waals surface area contributed by atoms with Crippen LogP contribution in [0.15, 0.2) is 60.7 Å². The fourth-order valence-electron chi connectivity index (χ4n) is 2.02. The van der Waals surface area contributed by atoms with Gasteiger partial charge in [-0.2, -0.15) is 0 Å². The third-order valence-corrected chi connectivity index (χ3v) is 3.34. The molecule has 3 N–H and O–H groups in total. The third kappa shape index (κ3) is 6.10. The van der Waals surface area contributed by atoms with Gasteiger partial charge in [-0.15, -0.1) is 0 Å². The summed E-state index contributed by atoms with van der Waals surface area (Å²) in [6.07, 6.45) is 0.149. The van der Waals surface area contributed by atoms with Crippen LogP contribution < -0.4 is 10.9 Å². The lowest BCUT2D eigenvalue weighted by atomic mass is 10.1. The van der Waals surface area contributed by atoms with Gasteiger partial charge in [0.05, 0.1) is 0 Å². The minimum absolute atomic E-state index is 0.0211. The number of anilines is 1. The Morgan fingerprint density at radius 3 is 2.25 bits per heavy atom. The minimum atomic E-state index is -1.03. The lowest BCUT2D eigenvalue weighted by molar-refractivity contribution is -0.145. The van der Waals surface area contributed by atoms with E-state index in [1.165, 1.54) is 0 Å². The molecule has 0 spiro atoms. The Balaban J connectivity index is 1.74. The Morgan fingerprint density at radius 2 is 1.62 bits per heavy atom. The molecule has 0 aliphatic rings. The number of hydrazine groups is 1. The van der Waals surface area contributed by atoms with Gasteiger partial charge in [0.25, 0.3) is 0 Å². The van der Waals surface area contributed by atoms with Crippen molar-refractivity contribution in [2.24, 2.45) is 0 Å². The van der Waals surface area contributed by atoms with E-state index < -0.39 is 18.0 Å². The molecule has 0 unspecified atom stereocenters. The largest absolute Gasteiger partial charge is 0.480 e. The molecule has 0 aromatic heterocycles. The summed E-state index contributed by atoms with van der Waals surface area (Å²) >= 11 is 0. The van der Waals surface area contributed by atoms with Crippen molar-refractivity contribution in [2.75, 3.05) is 5.43 Å². The topological polar surface area (TPSA) is 87.7 Å². The van der Waals surface area contributed by atoms with Crippen molar-refractivity contribution in [1.29, 1.82) is 0 Å². The number of rotatable bonds is 9. The molecule has 0 bridgehead atoms. The molecule has 0 aliphatic carbocycles. The Morgan fingerprint density at radius 1 is 1.00 bits per heavy atom. The zero-order valence-corrected chi connectivity index (χ0v) is 13.1. The van der Waals surface area contributed by atoms with Gasteiger partial charge in [0.15, 0.2) is 0 Å². The maximum absolute atomic E-state index is 11.8. The van der Waals surface area contributed by atoms with E-state index in [1.54, 1.807) is 12.1 Å². The molecule has 0 aliphatic heterocycles. The predicted octanol–water partition coefficient (Wildman–Crippen LogP) is 2.58. The fraction of sp³-hybridized carbons (Fsp3) is 0.222. The van der Waals surface area contributed by atoms with Crippen molar-refractivity contribution in [3.05, 3.63) is 66.2 Å². The smallest absolute Gasteiger partial charge is 0.322 e. The summed E-state index contributed by atoms with van der Waals surface area (Å²) in [5.74, 6) is -1.46. The number of hydrogen-bond donors (Lipinski definition) is 3. The Bertz CT molecular complexity index is 647. The number of nitrogens with one attached hydrogen (secondary N) is 2. The van der Waals surface area contributed by atoms with E-state index in [4.69, 9.17) is 4.74 Å². The van der Waals surface area contributed by atoms with Crippen molar-refractivity contribution in [3.8, 4) is 0 Å². The molecule has 2 aromatic rings. The molecule has 0 amide bonds. The lowest BCUT2D eigenvalue weighted by Crippen LogP contribution is -2.40. The zero-order chi connectivity index (χ0) is 17.2. The van der Waals surface area contributed by atoms with Crippen molar-refractivity contribution in [3.63, 3.8) is 0 Å². The van der Waals surface area contributed by atoms with Crippen LogP contribution in [-0.4, -0.2) is 23.1 Å². The van der Waals surface area contributed by atoms with E-state index in [0.717, 1.165) is 11.3 Å². The van der Waals surface area contributed by atoms with E-state index in [1.807, 2.05) is 48.5 Å². The summed E-state index contributed by atoms with van der Waals surface area (Å²) in [6.45, 7) is 0.188. The summed E-state index contributed by atoms with van der Waals surface area (Å²) in [5, 5.41) is 9.22. The van der Waals surface area contributed by atoms with Crippen LogP contribution in [0, 0.1) is 0 Å². The SMILES string of the molecule is O=C(CC[C@H](NNc1ccccc1)C(=O)O)OCc1ccccc1. The zero-order valence-electron chi connectivity index (χ0n) is 13.1. The summed E-state index contributed by atoms with van der Waals surface area (Å²) in [5.41, 5.74) is 7.17. The molecular weight excluding hydrogens is 308 g/mol. The molecule has 2 rings (SSSR count). The van der Waals surface area contributed by atoms with Gasteiger partial charge in [0.2, 0.25) is 0 Å².